The molecule has 2 amide bonds. The van der Waals surface area contributed by atoms with Crippen LogP contribution in [0.25, 0.3) is 10.9 Å². The Morgan fingerprint density at radius 2 is 1.62 bits per heavy atom. The van der Waals surface area contributed by atoms with Crippen molar-refractivity contribution in [3.63, 3.8) is 0 Å². The molecule has 3 aromatic rings. The van der Waals surface area contributed by atoms with Crippen molar-refractivity contribution >= 4 is 51.6 Å². The van der Waals surface area contributed by atoms with Gasteiger partial charge in [0.05, 0.1) is 16.8 Å². The molecular weight excluding hydrogens is 640 g/mol. The zero-order valence-corrected chi connectivity index (χ0v) is 27.0. The number of carbonyl (C=O) groups is 2. The number of thiocarbonyl (C=S) groups is 1. The molecule has 2 aromatic carbocycles. The summed E-state index contributed by atoms with van der Waals surface area (Å²) in [6.45, 7) is 7.02. The fourth-order valence-electron chi connectivity index (χ4n) is 5.26. The molecule has 3 N–H and O–H groups in total. The summed E-state index contributed by atoms with van der Waals surface area (Å²) in [6.07, 6.45) is -1.83. The lowest BCUT2D eigenvalue weighted by Gasteiger charge is -2.37. The predicted molar refractivity (Wildman–Crippen MR) is 174 cm³/mol. The molecule has 0 atom stereocenters. The molecule has 1 aliphatic carbocycles. The number of nitrogens with zero attached hydrogens (tertiary/aromatic N) is 3. The SMILES string of the molecule is CC(C)(C)OC(=O)NCCNC(=O)c1cn(C2CC2)c2cc(N3CCN(C(=S)Nc4ccc(C(F)(F)F)cc4)CC3)c(F)cc2c1=O. The lowest BCUT2D eigenvalue weighted by molar-refractivity contribution is -0.137. The van der Waals surface area contributed by atoms with Crippen molar-refractivity contribution in [3.05, 3.63) is 69.8 Å². The third-order valence-electron chi connectivity index (χ3n) is 7.74. The third kappa shape index (κ3) is 8.31. The smallest absolute Gasteiger partial charge is 0.416 e. The van der Waals surface area contributed by atoms with Crippen LogP contribution in [0.4, 0.5) is 33.7 Å². The average Bonchev–Trinajstić information content (AvgIpc) is 3.84. The van der Waals surface area contributed by atoms with E-state index in [1.165, 1.54) is 24.4 Å². The van der Waals surface area contributed by atoms with Crippen molar-refractivity contribution in [1.82, 2.24) is 20.1 Å². The first-order valence-electron chi connectivity index (χ1n) is 15.2. The van der Waals surface area contributed by atoms with Gasteiger partial charge in [-0.05, 0) is 82.2 Å². The highest BCUT2D eigenvalue weighted by atomic mass is 32.1. The van der Waals surface area contributed by atoms with Crippen LogP contribution in [0.5, 0.6) is 0 Å². The molecule has 2 heterocycles. The number of pyridine rings is 1. The van der Waals surface area contributed by atoms with E-state index in [4.69, 9.17) is 17.0 Å². The normalized spacial score (nSPS) is 15.4. The lowest BCUT2D eigenvalue weighted by Crippen LogP contribution is -2.50. The van der Waals surface area contributed by atoms with Crippen LogP contribution in [-0.4, -0.2) is 71.4 Å². The van der Waals surface area contributed by atoms with Gasteiger partial charge in [-0.15, -0.1) is 0 Å². The van der Waals surface area contributed by atoms with Gasteiger partial charge in [0.25, 0.3) is 5.91 Å². The highest BCUT2D eigenvalue weighted by molar-refractivity contribution is 7.80. The predicted octanol–water partition coefficient (Wildman–Crippen LogP) is 5.27. The van der Waals surface area contributed by atoms with E-state index in [-0.39, 0.29) is 30.1 Å². The first-order valence-corrected chi connectivity index (χ1v) is 15.6. The number of carbonyl (C=O) groups excluding carboxylic acids is 2. The topological polar surface area (TPSA) is 108 Å². The minimum atomic E-state index is -4.43. The molecule has 0 bridgehead atoms. The first-order chi connectivity index (χ1) is 22.1. The van der Waals surface area contributed by atoms with Gasteiger partial charge < -0.3 is 35.1 Å². The standard InChI is InChI=1S/C32H36F4N6O4S/c1-31(2,3)46-30(45)38-11-10-37-28(44)23-18-42(21-8-9-21)25-17-26(24(33)16-22(25)27(23)43)40-12-14-41(15-13-40)29(47)39-20-6-4-19(5-7-20)32(34,35)36/h4-7,16-18,21H,8-15H2,1-3H3,(H,37,44)(H,38,45)(H,39,47). The minimum Gasteiger partial charge on any atom is -0.444 e. The third-order valence-corrected chi connectivity index (χ3v) is 8.10. The van der Waals surface area contributed by atoms with Gasteiger partial charge in [0.15, 0.2) is 5.11 Å². The zero-order valence-electron chi connectivity index (χ0n) is 26.2. The number of anilines is 2. The Morgan fingerprint density at radius 3 is 2.21 bits per heavy atom. The number of amides is 2. The van der Waals surface area contributed by atoms with Gasteiger partial charge in [-0.1, -0.05) is 0 Å². The van der Waals surface area contributed by atoms with Gasteiger partial charge in [0.2, 0.25) is 5.43 Å². The molecule has 0 unspecified atom stereocenters. The molecule has 0 spiro atoms. The maximum Gasteiger partial charge on any atom is 0.416 e. The first kappa shape index (κ1) is 33.9. The molecule has 1 saturated carbocycles. The number of alkyl halides is 3. The average molecular weight is 677 g/mol. The molecule has 2 aliphatic rings. The van der Waals surface area contributed by atoms with E-state index in [9.17, 15) is 27.6 Å². The number of ether oxygens (including phenoxy) is 1. The highest BCUT2D eigenvalue weighted by Crippen LogP contribution is 2.38. The number of halogens is 4. The van der Waals surface area contributed by atoms with Crippen molar-refractivity contribution < 1.29 is 31.9 Å². The largest absolute Gasteiger partial charge is 0.444 e. The van der Waals surface area contributed by atoms with E-state index in [1.807, 2.05) is 14.4 Å². The summed E-state index contributed by atoms with van der Waals surface area (Å²) in [7, 11) is 0. The number of nitrogens with one attached hydrogen (secondary N) is 3. The van der Waals surface area contributed by atoms with Crippen LogP contribution in [-0.2, 0) is 10.9 Å². The quantitative estimate of drug-likeness (QED) is 0.177. The number of rotatable bonds is 7. The van der Waals surface area contributed by atoms with Crippen LogP contribution in [0.15, 0.2) is 47.4 Å². The molecule has 15 heteroatoms. The zero-order chi connectivity index (χ0) is 34.1. The van der Waals surface area contributed by atoms with Gasteiger partial charge in [0, 0.05) is 62.6 Å². The van der Waals surface area contributed by atoms with Crippen molar-refractivity contribution in [3.8, 4) is 0 Å². The van der Waals surface area contributed by atoms with Crippen LogP contribution in [0, 0.1) is 5.82 Å². The second kappa shape index (κ2) is 13.4. The molecule has 5 rings (SSSR count). The Kier molecular flexibility index (Phi) is 9.66. The second-order valence-electron chi connectivity index (χ2n) is 12.5. The van der Waals surface area contributed by atoms with E-state index in [0.29, 0.717) is 48.2 Å². The van der Waals surface area contributed by atoms with Crippen LogP contribution in [0.2, 0.25) is 0 Å². The van der Waals surface area contributed by atoms with Crippen molar-refractivity contribution in [2.45, 2.75) is 51.4 Å². The molecule has 47 heavy (non-hydrogen) atoms. The van der Waals surface area contributed by atoms with Crippen molar-refractivity contribution in [2.75, 3.05) is 49.5 Å². The van der Waals surface area contributed by atoms with Crippen LogP contribution < -0.4 is 26.3 Å². The van der Waals surface area contributed by atoms with Gasteiger partial charge >= 0.3 is 12.3 Å². The fourth-order valence-corrected chi connectivity index (χ4v) is 5.56. The Bertz CT molecular complexity index is 1730. The summed E-state index contributed by atoms with van der Waals surface area (Å²) in [5, 5.41) is 8.57. The number of fused-ring (bicyclic) bond motifs is 1. The number of benzene rings is 2. The summed E-state index contributed by atoms with van der Waals surface area (Å²) in [4.78, 5) is 42.0. The van der Waals surface area contributed by atoms with Gasteiger partial charge in [0.1, 0.15) is 17.0 Å². The number of alkyl carbamates (subject to hydrolysis) is 1. The van der Waals surface area contributed by atoms with Crippen LogP contribution in [0.3, 0.4) is 0 Å². The monoisotopic (exact) mass is 676 g/mol. The summed E-state index contributed by atoms with van der Waals surface area (Å²) in [5.74, 6) is -1.23. The minimum absolute atomic E-state index is 0.0571. The Balaban J connectivity index is 1.25. The lowest BCUT2D eigenvalue weighted by atomic mass is 10.1. The van der Waals surface area contributed by atoms with Crippen LogP contribution >= 0.6 is 12.2 Å². The van der Waals surface area contributed by atoms with Crippen LogP contribution in [0.1, 0.15) is 55.6 Å². The van der Waals surface area contributed by atoms with Gasteiger partial charge in [-0.2, -0.15) is 13.2 Å². The summed E-state index contributed by atoms with van der Waals surface area (Å²) in [5.41, 5.74) is -0.856. The molecule has 252 valence electrons. The number of aromatic nitrogens is 1. The molecule has 1 aromatic heterocycles. The van der Waals surface area contributed by atoms with Crippen molar-refractivity contribution in [2.24, 2.45) is 0 Å². The number of hydrogen-bond donors (Lipinski definition) is 3. The van der Waals surface area contributed by atoms with Gasteiger partial charge in [-0.3, -0.25) is 9.59 Å². The molecular formula is C32H36F4N6O4S. The van der Waals surface area contributed by atoms with Gasteiger partial charge in [-0.25, -0.2) is 9.18 Å². The highest BCUT2D eigenvalue weighted by Gasteiger charge is 2.31. The number of hydrogen-bond acceptors (Lipinski definition) is 6. The van der Waals surface area contributed by atoms with Crippen molar-refractivity contribution in [1.29, 1.82) is 0 Å². The van der Waals surface area contributed by atoms with E-state index >= 15 is 4.39 Å². The van der Waals surface area contributed by atoms with E-state index < -0.39 is 40.6 Å². The molecule has 10 nitrogen and oxygen atoms in total. The fraction of sp³-hybridized carbons (Fsp3) is 0.438. The van der Waals surface area contributed by atoms with E-state index in [1.54, 1.807) is 26.8 Å². The van der Waals surface area contributed by atoms with E-state index in [0.717, 1.165) is 25.0 Å². The summed E-state index contributed by atoms with van der Waals surface area (Å²) < 4.78 is 61.2. The molecule has 0 radical (unpaired) electrons. The maximum absolute atomic E-state index is 15.6. The summed E-state index contributed by atoms with van der Waals surface area (Å²) >= 11 is 5.48. The second-order valence-corrected chi connectivity index (χ2v) is 12.9. The molecule has 1 aliphatic heterocycles. The Morgan fingerprint density at radius 1 is 0.979 bits per heavy atom. The number of piperazine rings is 1. The summed E-state index contributed by atoms with van der Waals surface area (Å²) in [6, 6.07) is 7.48. The Labute approximate surface area is 274 Å². The molecule has 2 fully saturated rings. The Hall–Kier alpha value is -4.40. The maximum atomic E-state index is 15.6. The molecule has 1 saturated heterocycles. The van der Waals surface area contributed by atoms with E-state index in [2.05, 4.69) is 16.0 Å².